The van der Waals surface area contributed by atoms with Crippen molar-refractivity contribution in [3.63, 3.8) is 0 Å². The zero-order valence-electron chi connectivity index (χ0n) is 25.1. The summed E-state index contributed by atoms with van der Waals surface area (Å²) in [7, 11) is -1.13. The van der Waals surface area contributed by atoms with E-state index < -0.39 is 14.6 Å². The quantitative estimate of drug-likeness (QED) is 0.0990. The highest BCUT2D eigenvalue weighted by atomic mass is 32.4. The summed E-state index contributed by atoms with van der Waals surface area (Å²) in [5.74, 6) is 0. The number of nitrogens with zero attached hydrogens (tertiary/aromatic N) is 6. The maximum Gasteiger partial charge on any atom is 0.373 e. The van der Waals surface area contributed by atoms with Gasteiger partial charge in [-0.25, -0.2) is 9.34 Å². The molecule has 0 atom stereocenters. The van der Waals surface area contributed by atoms with Crippen molar-refractivity contribution in [2.24, 2.45) is 0 Å². The average molecular weight is 535 g/mol. The van der Waals surface area contributed by atoms with Crippen LogP contribution in [-0.2, 0) is 11.8 Å². The minimum atomic E-state index is -2.65. The Kier molecular flexibility index (Phi) is 14.4. The molecule has 9 heteroatoms. The zero-order chi connectivity index (χ0) is 27.3. The third kappa shape index (κ3) is 7.65. The van der Waals surface area contributed by atoms with Crippen molar-refractivity contribution >= 4 is 31.6 Å². The van der Waals surface area contributed by atoms with Gasteiger partial charge in [0, 0.05) is 48.3 Å². The molecule has 0 heterocycles. The van der Waals surface area contributed by atoms with E-state index in [2.05, 4.69) is 134 Å². The fourth-order valence-corrected chi connectivity index (χ4v) is 16.3. The van der Waals surface area contributed by atoms with E-state index in [1.807, 2.05) is 0 Å². The maximum absolute atomic E-state index is 10.9. The van der Waals surface area contributed by atoms with Crippen LogP contribution in [0.25, 0.3) is 5.53 Å². The lowest BCUT2D eigenvalue weighted by Gasteiger charge is -2.51. The Labute approximate surface area is 219 Å². The van der Waals surface area contributed by atoms with Crippen molar-refractivity contribution in [2.45, 2.75) is 159 Å². The van der Waals surface area contributed by atoms with Gasteiger partial charge in [-0.3, -0.25) is 9.34 Å². The lowest BCUT2D eigenvalue weighted by Crippen LogP contribution is -2.50. The van der Waals surface area contributed by atoms with Crippen LogP contribution in [0.3, 0.4) is 0 Å². The zero-order valence-corrected chi connectivity index (χ0v) is 27.7. The molecule has 0 aromatic rings. The van der Waals surface area contributed by atoms with Crippen LogP contribution in [0.4, 0.5) is 0 Å². The number of hydrogen-bond acceptors (Lipinski definition) is 3. The molecule has 0 aromatic carbocycles. The largest absolute Gasteiger partial charge is 0.373 e. The summed E-state index contributed by atoms with van der Waals surface area (Å²) < 4.78 is 10.0. The third-order valence-electron chi connectivity index (χ3n) is 5.83. The SMILES string of the molecule is CC(C)N(C(C)C)P(C(=[N+]=[N-])P(=S)(N(C(C)C)C(C)C)N(C(C)C)C(C)C)N(C(C)C)C(C)C. The van der Waals surface area contributed by atoms with E-state index in [1.165, 1.54) is 0 Å². The molecule has 0 radical (unpaired) electrons. The molecule has 0 rings (SSSR count). The molecule has 34 heavy (non-hydrogen) atoms. The second-order valence-electron chi connectivity index (χ2n) is 11.5. The van der Waals surface area contributed by atoms with E-state index in [-0.39, 0.29) is 48.3 Å². The molecule has 0 fully saturated rings. The van der Waals surface area contributed by atoms with E-state index in [1.54, 1.807) is 0 Å². The highest BCUT2D eigenvalue weighted by Gasteiger charge is 2.55. The first kappa shape index (κ1) is 34.3. The number of rotatable bonds is 14. The van der Waals surface area contributed by atoms with Gasteiger partial charge in [0.05, 0.1) is 0 Å². The maximum atomic E-state index is 10.9. The lowest BCUT2D eigenvalue weighted by atomic mass is 10.3. The lowest BCUT2D eigenvalue weighted by molar-refractivity contribution is 0.00159. The van der Waals surface area contributed by atoms with Crippen LogP contribution in [0, 0.1) is 0 Å². The first-order chi connectivity index (χ1) is 15.4. The normalized spacial score (nSPS) is 13.9. The fourth-order valence-electron chi connectivity index (χ4n) is 5.38. The molecule has 6 nitrogen and oxygen atoms in total. The Morgan fingerprint density at radius 1 is 0.559 bits per heavy atom. The fraction of sp³-hybridized carbons (Fsp3) is 0.960. The average Bonchev–Trinajstić information content (AvgIpc) is 2.58. The second-order valence-corrected chi connectivity index (χ2v) is 17.7. The van der Waals surface area contributed by atoms with Gasteiger partial charge in [0.15, 0.2) is 14.6 Å². The van der Waals surface area contributed by atoms with Crippen molar-refractivity contribution in [1.82, 2.24) is 18.7 Å². The predicted molar refractivity (Wildman–Crippen MR) is 158 cm³/mol. The molecular formula is C25H56N6P2S. The first-order valence-electron chi connectivity index (χ1n) is 13.2. The van der Waals surface area contributed by atoms with Crippen LogP contribution in [0.5, 0.6) is 0 Å². The minimum Gasteiger partial charge on any atom is -0.360 e. The molecule has 0 spiro atoms. The van der Waals surface area contributed by atoms with E-state index in [0.29, 0.717) is 0 Å². The van der Waals surface area contributed by atoms with Gasteiger partial charge in [-0.2, -0.15) is 4.79 Å². The van der Waals surface area contributed by atoms with Crippen molar-refractivity contribution < 1.29 is 4.79 Å². The summed E-state index contributed by atoms with van der Waals surface area (Å²) in [6.07, 6.45) is -2.65. The Bertz CT molecular complexity index is 638. The highest BCUT2D eigenvalue weighted by Crippen LogP contribution is 2.69. The molecular weight excluding hydrogens is 478 g/mol. The summed E-state index contributed by atoms with van der Waals surface area (Å²) in [6, 6.07) is 2.01. The van der Waals surface area contributed by atoms with Gasteiger partial charge >= 0.3 is 5.19 Å². The van der Waals surface area contributed by atoms with Crippen molar-refractivity contribution in [2.75, 3.05) is 0 Å². The van der Waals surface area contributed by atoms with Crippen LogP contribution in [0.2, 0.25) is 0 Å². The summed E-state index contributed by atoms with van der Waals surface area (Å²) in [5.41, 5.74) is 10.9. The highest BCUT2D eigenvalue weighted by molar-refractivity contribution is 8.27. The van der Waals surface area contributed by atoms with Gasteiger partial charge < -0.3 is 5.53 Å². The third-order valence-corrected chi connectivity index (χ3v) is 16.1. The van der Waals surface area contributed by atoms with E-state index in [4.69, 9.17) is 11.8 Å². The van der Waals surface area contributed by atoms with E-state index in [9.17, 15) is 5.53 Å². The summed E-state index contributed by atoms with van der Waals surface area (Å²) >= 11 is 6.87. The van der Waals surface area contributed by atoms with Gasteiger partial charge in [-0.05, 0) is 111 Å². The van der Waals surface area contributed by atoms with Gasteiger partial charge in [0.25, 0.3) is 0 Å². The van der Waals surface area contributed by atoms with Crippen molar-refractivity contribution in [1.29, 1.82) is 0 Å². The second kappa shape index (κ2) is 14.3. The van der Waals surface area contributed by atoms with Gasteiger partial charge in [0.1, 0.15) is 0 Å². The van der Waals surface area contributed by atoms with Crippen LogP contribution in [0.1, 0.15) is 111 Å². The first-order valence-corrected chi connectivity index (χ1v) is 17.1. The Hall–Kier alpha value is 0.300. The molecule has 0 bridgehead atoms. The Morgan fingerprint density at radius 2 is 0.794 bits per heavy atom. The standard InChI is InChI=1S/C25H56N6P2S/c1-17(2)28(18(3)4)32(29(19(5)6)20(7)8)25(27-26)33(34,30(21(9)10)22(11)12)31(23(13)14)24(15)16/h17-24H,1-16H3. The molecule has 0 N–H and O–H groups in total. The van der Waals surface area contributed by atoms with E-state index >= 15 is 0 Å². The van der Waals surface area contributed by atoms with Gasteiger partial charge in [0.2, 0.25) is 0 Å². The van der Waals surface area contributed by atoms with Gasteiger partial charge in [-0.15, -0.1) is 0 Å². The monoisotopic (exact) mass is 534 g/mol. The van der Waals surface area contributed by atoms with Crippen molar-refractivity contribution in [3.8, 4) is 0 Å². The molecule has 0 aliphatic rings. The van der Waals surface area contributed by atoms with Crippen molar-refractivity contribution in [3.05, 3.63) is 5.53 Å². The van der Waals surface area contributed by atoms with Crippen LogP contribution in [0.15, 0.2) is 0 Å². The molecule has 0 aromatic heterocycles. The molecule has 0 saturated heterocycles. The topological polar surface area (TPSA) is 49.4 Å². The van der Waals surface area contributed by atoms with Crippen LogP contribution in [-0.4, -0.2) is 77.0 Å². The molecule has 202 valence electrons. The molecule has 0 unspecified atom stereocenters. The smallest absolute Gasteiger partial charge is 0.360 e. The summed E-state index contributed by atoms with van der Waals surface area (Å²) in [4.78, 5) is 4.23. The Balaban J connectivity index is 7.76. The van der Waals surface area contributed by atoms with Crippen LogP contribution < -0.4 is 0 Å². The van der Waals surface area contributed by atoms with Gasteiger partial charge in [-0.1, -0.05) is 11.8 Å². The minimum absolute atomic E-state index is 0.220. The van der Waals surface area contributed by atoms with E-state index in [0.717, 1.165) is 5.19 Å². The summed E-state index contributed by atoms with van der Waals surface area (Å²) in [5, 5.41) is 0.798. The molecule has 0 aliphatic heterocycles. The number of hydrogen-bond donors (Lipinski definition) is 0. The van der Waals surface area contributed by atoms with Crippen LogP contribution >= 0.6 is 14.6 Å². The predicted octanol–water partition coefficient (Wildman–Crippen LogP) is 7.67. The molecule has 0 amide bonds. The molecule has 0 aliphatic carbocycles. The Morgan fingerprint density at radius 3 is 0.941 bits per heavy atom. The summed E-state index contributed by atoms with van der Waals surface area (Å²) in [6.45, 7) is 35.8. The molecule has 0 saturated carbocycles.